The number of aryl methyl sites for hydroxylation is 2. The molecule has 1 amide bonds. The fourth-order valence-electron chi connectivity index (χ4n) is 3.25. The Balaban J connectivity index is 1.36. The molecule has 1 aromatic heterocycles. The second kappa shape index (κ2) is 10.0. The van der Waals surface area contributed by atoms with Crippen molar-refractivity contribution in [1.82, 2.24) is 10.3 Å². The third-order valence-corrected chi connectivity index (χ3v) is 5.44. The molecule has 0 fully saturated rings. The molecule has 0 aliphatic rings. The standard InChI is InChI=1S/C25H22ClN3O3S/c1-3-16-4-6-17(7-5-16)24-28-20-13-19(9-11-22(20)32-24)27-25(33)29-23(30)14-31-21-10-8-18(26)12-15(21)2/h4-13H,3,14H2,1-2H3,(H2,27,29,30,33). The van der Waals surface area contributed by atoms with E-state index in [0.29, 0.717) is 33.4 Å². The van der Waals surface area contributed by atoms with E-state index in [2.05, 4.69) is 34.7 Å². The van der Waals surface area contributed by atoms with Gasteiger partial charge in [-0.15, -0.1) is 0 Å². The van der Waals surface area contributed by atoms with E-state index in [1.807, 2.05) is 37.3 Å². The maximum atomic E-state index is 12.2. The minimum absolute atomic E-state index is 0.162. The van der Waals surface area contributed by atoms with Gasteiger partial charge in [-0.3, -0.25) is 10.1 Å². The zero-order valence-electron chi connectivity index (χ0n) is 18.1. The van der Waals surface area contributed by atoms with Crippen LogP contribution < -0.4 is 15.4 Å². The Morgan fingerprint density at radius 3 is 2.64 bits per heavy atom. The summed E-state index contributed by atoms with van der Waals surface area (Å²) in [4.78, 5) is 16.8. The summed E-state index contributed by atoms with van der Waals surface area (Å²) in [6.07, 6.45) is 0.978. The number of aromatic nitrogens is 1. The van der Waals surface area contributed by atoms with Crippen LogP contribution in [0.4, 0.5) is 5.69 Å². The number of thiocarbonyl (C=S) groups is 1. The Morgan fingerprint density at radius 1 is 1.12 bits per heavy atom. The smallest absolute Gasteiger partial charge is 0.264 e. The first kappa shape index (κ1) is 22.8. The van der Waals surface area contributed by atoms with Gasteiger partial charge >= 0.3 is 0 Å². The van der Waals surface area contributed by atoms with Crippen LogP contribution in [-0.2, 0) is 11.2 Å². The number of carbonyl (C=O) groups excluding carboxylic acids is 1. The Kier molecular flexibility index (Phi) is 6.91. The van der Waals surface area contributed by atoms with E-state index in [9.17, 15) is 4.79 Å². The molecule has 0 radical (unpaired) electrons. The molecule has 2 N–H and O–H groups in total. The summed E-state index contributed by atoms with van der Waals surface area (Å²) in [6, 6.07) is 18.8. The normalized spacial score (nSPS) is 10.8. The average molecular weight is 480 g/mol. The second-order valence-electron chi connectivity index (χ2n) is 7.45. The fourth-order valence-corrected chi connectivity index (χ4v) is 3.71. The van der Waals surface area contributed by atoms with Gasteiger partial charge in [0.05, 0.1) is 0 Å². The van der Waals surface area contributed by atoms with E-state index < -0.39 is 0 Å². The molecule has 0 bridgehead atoms. The maximum absolute atomic E-state index is 12.2. The molecular formula is C25H22ClN3O3S. The monoisotopic (exact) mass is 479 g/mol. The molecule has 6 nitrogen and oxygen atoms in total. The van der Waals surface area contributed by atoms with Crippen molar-refractivity contribution in [2.24, 2.45) is 0 Å². The van der Waals surface area contributed by atoms with Crippen LogP contribution in [-0.4, -0.2) is 22.6 Å². The molecular weight excluding hydrogens is 458 g/mol. The topological polar surface area (TPSA) is 76.4 Å². The third kappa shape index (κ3) is 5.69. The van der Waals surface area contributed by atoms with Crippen molar-refractivity contribution < 1.29 is 13.9 Å². The minimum Gasteiger partial charge on any atom is -0.483 e. The molecule has 168 valence electrons. The summed E-state index contributed by atoms with van der Waals surface area (Å²) >= 11 is 11.2. The van der Waals surface area contributed by atoms with Gasteiger partial charge in [0.2, 0.25) is 5.89 Å². The Hall–Kier alpha value is -3.42. The highest BCUT2D eigenvalue weighted by Gasteiger charge is 2.11. The van der Waals surface area contributed by atoms with E-state index >= 15 is 0 Å². The number of rotatable bonds is 6. The molecule has 0 aliphatic carbocycles. The molecule has 33 heavy (non-hydrogen) atoms. The molecule has 4 rings (SSSR count). The highest BCUT2D eigenvalue weighted by atomic mass is 35.5. The molecule has 1 heterocycles. The van der Waals surface area contributed by atoms with Gasteiger partial charge in [-0.1, -0.05) is 30.7 Å². The van der Waals surface area contributed by atoms with Crippen molar-refractivity contribution in [1.29, 1.82) is 0 Å². The third-order valence-electron chi connectivity index (χ3n) is 5.00. The lowest BCUT2D eigenvalue weighted by atomic mass is 10.1. The highest BCUT2D eigenvalue weighted by Crippen LogP contribution is 2.26. The molecule has 8 heteroatoms. The molecule has 0 spiro atoms. The number of ether oxygens (including phenoxy) is 1. The molecule has 0 atom stereocenters. The van der Waals surface area contributed by atoms with Gasteiger partial charge in [-0.05, 0) is 85.2 Å². The number of amides is 1. The quantitative estimate of drug-likeness (QED) is 0.335. The first-order valence-corrected chi connectivity index (χ1v) is 11.2. The van der Waals surface area contributed by atoms with Crippen LogP contribution in [0.15, 0.2) is 65.1 Å². The second-order valence-corrected chi connectivity index (χ2v) is 8.30. The Bertz CT molecular complexity index is 1320. The van der Waals surface area contributed by atoms with Crippen LogP contribution in [0.1, 0.15) is 18.1 Å². The summed E-state index contributed by atoms with van der Waals surface area (Å²) in [5.74, 6) is 0.766. The predicted octanol–water partition coefficient (Wildman–Crippen LogP) is 5.91. The number of nitrogens with zero attached hydrogens (tertiary/aromatic N) is 1. The van der Waals surface area contributed by atoms with Crippen molar-refractivity contribution in [3.63, 3.8) is 0 Å². The first-order chi connectivity index (χ1) is 15.9. The van der Waals surface area contributed by atoms with Gasteiger partial charge in [0, 0.05) is 16.3 Å². The van der Waals surface area contributed by atoms with Gasteiger partial charge in [0.15, 0.2) is 17.3 Å². The molecule has 4 aromatic rings. The van der Waals surface area contributed by atoms with Gasteiger partial charge < -0.3 is 14.5 Å². The zero-order chi connectivity index (χ0) is 23.4. The number of hydrogen-bond donors (Lipinski definition) is 2. The molecule has 0 saturated heterocycles. The summed E-state index contributed by atoms with van der Waals surface area (Å²) in [7, 11) is 0. The number of anilines is 1. The lowest BCUT2D eigenvalue weighted by Crippen LogP contribution is -2.37. The van der Waals surface area contributed by atoms with E-state index in [-0.39, 0.29) is 17.6 Å². The molecule has 0 unspecified atom stereocenters. The van der Waals surface area contributed by atoms with Crippen molar-refractivity contribution in [3.8, 4) is 17.2 Å². The van der Waals surface area contributed by atoms with Crippen molar-refractivity contribution in [3.05, 3.63) is 76.8 Å². The van der Waals surface area contributed by atoms with Crippen LogP contribution in [0.5, 0.6) is 5.75 Å². The maximum Gasteiger partial charge on any atom is 0.264 e. The largest absolute Gasteiger partial charge is 0.483 e. The number of benzene rings is 3. The first-order valence-electron chi connectivity index (χ1n) is 10.4. The van der Waals surface area contributed by atoms with Crippen LogP contribution in [0.25, 0.3) is 22.6 Å². The number of oxazole rings is 1. The van der Waals surface area contributed by atoms with Gasteiger partial charge in [-0.2, -0.15) is 0 Å². The van der Waals surface area contributed by atoms with Crippen LogP contribution >= 0.6 is 23.8 Å². The highest BCUT2D eigenvalue weighted by molar-refractivity contribution is 7.80. The minimum atomic E-state index is -0.373. The van der Waals surface area contributed by atoms with E-state index in [0.717, 1.165) is 17.5 Å². The lowest BCUT2D eigenvalue weighted by molar-refractivity contribution is -0.121. The predicted molar refractivity (Wildman–Crippen MR) is 135 cm³/mol. The Labute approximate surface area is 201 Å². The van der Waals surface area contributed by atoms with Gasteiger partial charge in [0.1, 0.15) is 11.3 Å². The number of carbonyl (C=O) groups is 1. The molecule has 0 aliphatic heterocycles. The van der Waals surface area contributed by atoms with Crippen LogP contribution in [0.2, 0.25) is 5.02 Å². The van der Waals surface area contributed by atoms with Gasteiger partial charge in [-0.25, -0.2) is 4.98 Å². The van der Waals surface area contributed by atoms with E-state index in [1.54, 1.807) is 18.2 Å². The van der Waals surface area contributed by atoms with Crippen molar-refractivity contribution >= 4 is 51.6 Å². The zero-order valence-corrected chi connectivity index (χ0v) is 19.7. The van der Waals surface area contributed by atoms with Crippen molar-refractivity contribution in [2.75, 3.05) is 11.9 Å². The number of fused-ring (bicyclic) bond motifs is 1. The number of hydrogen-bond acceptors (Lipinski definition) is 5. The van der Waals surface area contributed by atoms with Gasteiger partial charge in [0.25, 0.3) is 5.91 Å². The fraction of sp³-hybridized carbons (Fsp3) is 0.160. The van der Waals surface area contributed by atoms with Crippen LogP contribution in [0, 0.1) is 6.92 Å². The van der Waals surface area contributed by atoms with Crippen LogP contribution in [0.3, 0.4) is 0 Å². The summed E-state index contributed by atoms with van der Waals surface area (Å²) in [6.45, 7) is 3.80. The van der Waals surface area contributed by atoms with Crippen molar-refractivity contribution in [2.45, 2.75) is 20.3 Å². The number of halogens is 1. The van der Waals surface area contributed by atoms with E-state index in [4.69, 9.17) is 33.0 Å². The summed E-state index contributed by atoms with van der Waals surface area (Å²) < 4.78 is 11.4. The number of nitrogens with one attached hydrogen (secondary N) is 2. The molecule has 3 aromatic carbocycles. The van der Waals surface area contributed by atoms with E-state index in [1.165, 1.54) is 5.56 Å². The average Bonchev–Trinajstić information content (AvgIpc) is 3.22. The molecule has 0 saturated carbocycles. The Morgan fingerprint density at radius 2 is 1.91 bits per heavy atom. The summed E-state index contributed by atoms with van der Waals surface area (Å²) in [5, 5.41) is 6.37. The summed E-state index contributed by atoms with van der Waals surface area (Å²) in [5.41, 5.74) is 5.05. The lowest BCUT2D eigenvalue weighted by Gasteiger charge is -2.11. The SMILES string of the molecule is CCc1ccc(-c2nc3cc(NC(=S)NC(=O)COc4ccc(Cl)cc4C)ccc3o2)cc1.